The number of rotatable bonds is 3. The maximum Gasteiger partial charge on any atom is 0.308 e. The Hall–Kier alpha value is -1.91. The van der Waals surface area contributed by atoms with E-state index in [1.54, 1.807) is 0 Å². The van der Waals surface area contributed by atoms with Crippen molar-refractivity contribution in [3.63, 3.8) is 0 Å². The number of hydrogen-bond donors (Lipinski definition) is 0. The summed E-state index contributed by atoms with van der Waals surface area (Å²) in [5.41, 5.74) is 3.50. The number of esters is 1. The highest BCUT2D eigenvalue weighted by molar-refractivity contribution is 5.72. The largest absolute Gasteiger partial charge is 0.469 e. The molecule has 1 aliphatic carbocycles. The summed E-state index contributed by atoms with van der Waals surface area (Å²) in [5, 5.41) is 8.31. The standard InChI is InChI=1S/C17H23N3O2/c1-11-15(8-9-16-19-18-12(2)20(11)16)10-13-4-6-14(7-5-13)17(21)22-3/h8-9,13-14H,4-7,10H2,1-3H3/t13-,14-. The van der Waals surface area contributed by atoms with Crippen LogP contribution in [0.5, 0.6) is 0 Å². The molecule has 1 aliphatic rings. The third-order valence-electron chi connectivity index (χ3n) is 4.97. The van der Waals surface area contributed by atoms with Crippen LogP contribution in [0.4, 0.5) is 0 Å². The predicted octanol–water partition coefficient (Wildman–Crippen LogP) is 2.87. The van der Waals surface area contributed by atoms with Gasteiger partial charge in [0.2, 0.25) is 0 Å². The van der Waals surface area contributed by atoms with Crippen molar-refractivity contribution in [3.05, 3.63) is 29.2 Å². The zero-order valence-corrected chi connectivity index (χ0v) is 13.5. The van der Waals surface area contributed by atoms with Gasteiger partial charge in [-0.3, -0.25) is 9.20 Å². The van der Waals surface area contributed by atoms with E-state index in [9.17, 15) is 4.79 Å². The van der Waals surface area contributed by atoms with Crippen LogP contribution < -0.4 is 0 Å². The molecule has 0 bridgehead atoms. The number of nitrogens with zero attached hydrogens (tertiary/aromatic N) is 3. The minimum atomic E-state index is -0.0452. The zero-order valence-electron chi connectivity index (χ0n) is 13.5. The van der Waals surface area contributed by atoms with E-state index in [4.69, 9.17) is 4.74 Å². The number of carbonyl (C=O) groups is 1. The van der Waals surface area contributed by atoms with Gasteiger partial charge in [0.15, 0.2) is 5.65 Å². The zero-order chi connectivity index (χ0) is 15.7. The van der Waals surface area contributed by atoms with Crippen LogP contribution >= 0.6 is 0 Å². The minimum absolute atomic E-state index is 0.0452. The highest BCUT2D eigenvalue weighted by Gasteiger charge is 2.27. The van der Waals surface area contributed by atoms with E-state index in [2.05, 4.69) is 27.6 Å². The Morgan fingerprint density at radius 2 is 1.95 bits per heavy atom. The Kier molecular flexibility index (Phi) is 4.14. The SMILES string of the molecule is COC(=O)[C@H]1CC[C@H](Cc2ccc3nnc(C)n3c2C)CC1. The quantitative estimate of drug-likeness (QED) is 0.818. The van der Waals surface area contributed by atoms with Crippen molar-refractivity contribution in [3.8, 4) is 0 Å². The fourth-order valence-electron chi connectivity index (χ4n) is 3.64. The molecular formula is C17H23N3O2. The van der Waals surface area contributed by atoms with E-state index < -0.39 is 0 Å². The first-order chi connectivity index (χ1) is 10.6. The molecule has 0 amide bonds. The number of pyridine rings is 1. The molecule has 3 rings (SSSR count). The lowest BCUT2D eigenvalue weighted by atomic mass is 9.79. The van der Waals surface area contributed by atoms with Crippen molar-refractivity contribution < 1.29 is 9.53 Å². The Balaban J connectivity index is 1.71. The van der Waals surface area contributed by atoms with Crippen molar-refractivity contribution in [2.24, 2.45) is 11.8 Å². The van der Waals surface area contributed by atoms with E-state index in [1.807, 2.05) is 13.0 Å². The molecule has 0 unspecified atom stereocenters. The molecule has 0 aliphatic heterocycles. The van der Waals surface area contributed by atoms with Crippen LogP contribution in [0.25, 0.3) is 5.65 Å². The summed E-state index contributed by atoms with van der Waals surface area (Å²) in [6.45, 7) is 4.12. The van der Waals surface area contributed by atoms with Gasteiger partial charge in [-0.1, -0.05) is 6.07 Å². The molecule has 0 aromatic carbocycles. The highest BCUT2D eigenvalue weighted by atomic mass is 16.5. The number of aromatic nitrogens is 3. The first-order valence-electron chi connectivity index (χ1n) is 7.98. The van der Waals surface area contributed by atoms with Gasteiger partial charge in [-0.2, -0.15) is 0 Å². The Morgan fingerprint density at radius 3 is 2.64 bits per heavy atom. The normalized spacial score (nSPS) is 22.0. The summed E-state index contributed by atoms with van der Waals surface area (Å²) in [7, 11) is 1.48. The number of aryl methyl sites for hydroxylation is 2. The highest BCUT2D eigenvalue weighted by Crippen LogP contribution is 2.32. The van der Waals surface area contributed by atoms with Crippen LogP contribution in [0.1, 0.15) is 42.8 Å². The van der Waals surface area contributed by atoms with Gasteiger partial charge < -0.3 is 4.74 Å². The van der Waals surface area contributed by atoms with Crippen LogP contribution in [0.2, 0.25) is 0 Å². The van der Waals surface area contributed by atoms with Gasteiger partial charge in [-0.15, -0.1) is 10.2 Å². The monoisotopic (exact) mass is 301 g/mol. The summed E-state index contributed by atoms with van der Waals surface area (Å²) in [4.78, 5) is 11.6. The predicted molar refractivity (Wildman–Crippen MR) is 83.6 cm³/mol. The van der Waals surface area contributed by atoms with Gasteiger partial charge in [-0.25, -0.2) is 0 Å². The molecule has 0 radical (unpaired) electrons. The van der Waals surface area contributed by atoms with Crippen LogP contribution in [0.15, 0.2) is 12.1 Å². The van der Waals surface area contributed by atoms with Gasteiger partial charge in [0.05, 0.1) is 13.0 Å². The fraction of sp³-hybridized carbons (Fsp3) is 0.588. The third-order valence-corrected chi connectivity index (χ3v) is 4.97. The summed E-state index contributed by atoms with van der Waals surface area (Å²) < 4.78 is 6.98. The van der Waals surface area contributed by atoms with Gasteiger partial charge in [0.25, 0.3) is 0 Å². The second kappa shape index (κ2) is 6.07. The first-order valence-corrected chi connectivity index (χ1v) is 7.98. The molecule has 5 heteroatoms. The lowest BCUT2D eigenvalue weighted by Crippen LogP contribution is -2.24. The number of carbonyl (C=O) groups excluding carboxylic acids is 1. The Labute approximate surface area is 130 Å². The number of fused-ring (bicyclic) bond motifs is 1. The van der Waals surface area contributed by atoms with Crippen molar-refractivity contribution in [1.82, 2.24) is 14.6 Å². The van der Waals surface area contributed by atoms with Gasteiger partial charge >= 0.3 is 5.97 Å². The van der Waals surface area contributed by atoms with Crippen LogP contribution in [-0.4, -0.2) is 27.7 Å². The lowest BCUT2D eigenvalue weighted by molar-refractivity contribution is -0.146. The third kappa shape index (κ3) is 2.72. The fourth-order valence-corrected chi connectivity index (χ4v) is 3.64. The number of hydrogen-bond acceptors (Lipinski definition) is 4. The molecule has 0 N–H and O–H groups in total. The average Bonchev–Trinajstić information content (AvgIpc) is 2.92. The van der Waals surface area contributed by atoms with Crippen LogP contribution in [0, 0.1) is 25.7 Å². The Morgan fingerprint density at radius 1 is 1.23 bits per heavy atom. The summed E-state index contributed by atoms with van der Waals surface area (Å²) in [5.74, 6) is 1.64. The summed E-state index contributed by atoms with van der Waals surface area (Å²) >= 11 is 0. The van der Waals surface area contributed by atoms with Crippen molar-refractivity contribution in [2.75, 3.05) is 7.11 Å². The molecule has 0 saturated heterocycles. The molecule has 22 heavy (non-hydrogen) atoms. The summed E-state index contributed by atoms with van der Waals surface area (Å²) in [6.07, 6.45) is 5.15. The van der Waals surface area contributed by atoms with E-state index in [0.717, 1.165) is 43.6 Å². The maximum absolute atomic E-state index is 11.6. The lowest BCUT2D eigenvalue weighted by Gasteiger charge is -2.27. The topological polar surface area (TPSA) is 56.5 Å². The van der Waals surface area contributed by atoms with Gasteiger partial charge in [0.1, 0.15) is 5.82 Å². The second-order valence-corrected chi connectivity index (χ2v) is 6.33. The van der Waals surface area contributed by atoms with E-state index in [1.165, 1.54) is 18.4 Å². The second-order valence-electron chi connectivity index (χ2n) is 6.33. The van der Waals surface area contributed by atoms with E-state index in [-0.39, 0.29) is 11.9 Å². The number of ether oxygens (including phenoxy) is 1. The van der Waals surface area contributed by atoms with Gasteiger partial charge in [-0.05, 0) is 63.5 Å². The molecule has 0 spiro atoms. The molecule has 2 aromatic rings. The molecule has 0 atom stereocenters. The molecular weight excluding hydrogens is 278 g/mol. The smallest absolute Gasteiger partial charge is 0.308 e. The molecule has 1 fully saturated rings. The molecule has 118 valence electrons. The van der Waals surface area contributed by atoms with Crippen LogP contribution in [0.3, 0.4) is 0 Å². The maximum atomic E-state index is 11.6. The minimum Gasteiger partial charge on any atom is -0.469 e. The average molecular weight is 301 g/mol. The van der Waals surface area contributed by atoms with E-state index >= 15 is 0 Å². The first kappa shape index (κ1) is 15.0. The molecule has 5 nitrogen and oxygen atoms in total. The van der Waals surface area contributed by atoms with Crippen LogP contribution in [-0.2, 0) is 16.0 Å². The molecule has 2 aromatic heterocycles. The van der Waals surface area contributed by atoms with Crippen molar-refractivity contribution in [2.45, 2.75) is 46.0 Å². The molecule has 2 heterocycles. The van der Waals surface area contributed by atoms with Crippen molar-refractivity contribution >= 4 is 11.6 Å². The van der Waals surface area contributed by atoms with Crippen molar-refractivity contribution in [1.29, 1.82) is 0 Å². The van der Waals surface area contributed by atoms with E-state index in [0.29, 0.717) is 5.92 Å². The Bertz CT molecular complexity index is 685. The number of methoxy groups -OCH3 is 1. The van der Waals surface area contributed by atoms with Gasteiger partial charge in [0, 0.05) is 5.69 Å². The molecule has 1 saturated carbocycles. The summed E-state index contributed by atoms with van der Waals surface area (Å²) in [6, 6.07) is 4.22.